The normalized spacial score (nSPS) is 10.9. The SMILES string of the molecule is Cc1cc([S+](c2ccccc2)c2ccccc2)ccc1OC(=O)c1c(I)ccc(I)c1I. The van der Waals surface area contributed by atoms with Crippen LogP contribution in [0.2, 0.25) is 0 Å². The molecular formula is C26H18I3O2S+. The summed E-state index contributed by atoms with van der Waals surface area (Å²) in [5, 5.41) is 0. The van der Waals surface area contributed by atoms with Gasteiger partial charge in [0.15, 0.2) is 14.7 Å². The number of hydrogen-bond acceptors (Lipinski definition) is 2. The average molecular weight is 775 g/mol. The van der Waals surface area contributed by atoms with Gasteiger partial charge in [-0.2, -0.15) is 0 Å². The van der Waals surface area contributed by atoms with Crippen LogP contribution in [0.1, 0.15) is 15.9 Å². The van der Waals surface area contributed by atoms with Crippen LogP contribution in [0.4, 0.5) is 0 Å². The van der Waals surface area contributed by atoms with Gasteiger partial charge < -0.3 is 4.74 Å². The molecule has 4 aromatic rings. The number of aryl methyl sites for hydroxylation is 1. The number of halogens is 3. The number of hydrogen-bond donors (Lipinski definition) is 0. The molecule has 0 bridgehead atoms. The second-order valence-electron chi connectivity index (χ2n) is 6.97. The first-order chi connectivity index (χ1) is 15.5. The molecular weight excluding hydrogens is 757 g/mol. The largest absolute Gasteiger partial charge is 0.423 e. The molecule has 0 saturated carbocycles. The minimum Gasteiger partial charge on any atom is -0.423 e. The molecule has 0 atom stereocenters. The predicted molar refractivity (Wildman–Crippen MR) is 156 cm³/mol. The van der Waals surface area contributed by atoms with Gasteiger partial charge in [-0.25, -0.2) is 4.79 Å². The first-order valence-corrected chi connectivity index (χ1v) is 14.2. The molecule has 0 N–H and O–H groups in total. The van der Waals surface area contributed by atoms with Gasteiger partial charge in [0, 0.05) is 16.8 Å². The Bertz CT molecular complexity index is 1220. The van der Waals surface area contributed by atoms with Crippen molar-refractivity contribution in [1.82, 2.24) is 0 Å². The van der Waals surface area contributed by atoms with Crippen molar-refractivity contribution < 1.29 is 9.53 Å². The van der Waals surface area contributed by atoms with Crippen LogP contribution in [0.25, 0.3) is 0 Å². The van der Waals surface area contributed by atoms with Crippen LogP contribution in [0, 0.1) is 17.6 Å². The van der Waals surface area contributed by atoms with Crippen LogP contribution >= 0.6 is 67.8 Å². The highest BCUT2D eigenvalue weighted by molar-refractivity contribution is 14.1. The molecule has 0 aliphatic rings. The highest BCUT2D eigenvalue weighted by atomic mass is 127. The second kappa shape index (κ2) is 10.9. The molecule has 4 rings (SSSR count). The van der Waals surface area contributed by atoms with Gasteiger partial charge in [0.25, 0.3) is 0 Å². The number of carbonyl (C=O) groups excluding carboxylic acids is 1. The van der Waals surface area contributed by atoms with Crippen LogP contribution in [-0.2, 0) is 10.9 Å². The van der Waals surface area contributed by atoms with Crippen molar-refractivity contribution >= 4 is 84.6 Å². The smallest absolute Gasteiger partial charge is 0.345 e. The average Bonchev–Trinajstić information content (AvgIpc) is 2.80. The minimum atomic E-state index is -0.321. The predicted octanol–water partition coefficient (Wildman–Crippen LogP) is 8.12. The Kier molecular flexibility index (Phi) is 8.17. The first kappa shape index (κ1) is 24.0. The van der Waals surface area contributed by atoms with E-state index in [1.807, 2.05) is 37.3 Å². The summed E-state index contributed by atoms with van der Waals surface area (Å²) in [6.45, 7) is 1.99. The van der Waals surface area contributed by atoms with Crippen LogP contribution < -0.4 is 4.74 Å². The molecule has 6 heteroatoms. The fourth-order valence-electron chi connectivity index (χ4n) is 3.25. The summed E-state index contributed by atoms with van der Waals surface area (Å²) in [7, 11) is -0.236. The Hall–Kier alpha value is -1.11. The van der Waals surface area contributed by atoms with Crippen molar-refractivity contribution in [3.63, 3.8) is 0 Å². The first-order valence-electron chi connectivity index (χ1n) is 9.76. The summed E-state index contributed by atoms with van der Waals surface area (Å²) >= 11 is 6.64. The number of rotatable bonds is 5. The summed E-state index contributed by atoms with van der Waals surface area (Å²) in [5.41, 5.74) is 1.56. The third kappa shape index (κ3) is 5.34. The second-order valence-corrected chi connectivity index (χ2v) is 12.4. The maximum Gasteiger partial charge on any atom is 0.345 e. The summed E-state index contributed by atoms with van der Waals surface area (Å²) in [4.78, 5) is 16.7. The molecule has 0 unspecified atom stereocenters. The van der Waals surface area contributed by atoms with Crippen molar-refractivity contribution in [3.8, 4) is 5.75 Å². The highest BCUT2D eigenvalue weighted by Gasteiger charge is 2.29. The van der Waals surface area contributed by atoms with Gasteiger partial charge in [-0.1, -0.05) is 36.4 Å². The lowest BCUT2D eigenvalue weighted by Crippen LogP contribution is -2.14. The Labute approximate surface area is 231 Å². The van der Waals surface area contributed by atoms with E-state index in [1.165, 1.54) is 14.7 Å². The van der Waals surface area contributed by atoms with Gasteiger partial charge >= 0.3 is 5.97 Å². The Morgan fingerprint density at radius 3 is 1.84 bits per heavy atom. The molecule has 0 aliphatic carbocycles. The van der Waals surface area contributed by atoms with Gasteiger partial charge in [-0.15, -0.1) is 0 Å². The van der Waals surface area contributed by atoms with E-state index in [-0.39, 0.29) is 16.9 Å². The molecule has 4 aromatic carbocycles. The van der Waals surface area contributed by atoms with E-state index in [1.54, 1.807) is 0 Å². The summed E-state index contributed by atoms with van der Waals surface area (Å²) < 4.78 is 8.70. The van der Waals surface area contributed by atoms with E-state index in [2.05, 4.69) is 128 Å². The van der Waals surface area contributed by atoms with Crippen LogP contribution in [0.15, 0.2) is 106 Å². The Balaban J connectivity index is 1.68. The maximum atomic E-state index is 13.0. The van der Waals surface area contributed by atoms with Crippen LogP contribution in [0.3, 0.4) is 0 Å². The van der Waals surface area contributed by atoms with Crippen molar-refractivity contribution in [2.45, 2.75) is 21.6 Å². The van der Waals surface area contributed by atoms with Crippen LogP contribution in [-0.4, -0.2) is 5.97 Å². The van der Waals surface area contributed by atoms with E-state index in [0.29, 0.717) is 11.3 Å². The van der Waals surface area contributed by atoms with Gasteiger partial charge in [-0.3, -0.25) is 0 Å². The van der Waals surface area contributed by atoms with Crippen molar-refractivity contribution in [3.05, 3.63) is 113 Å². The lowest BCUT2D eigenvalue weighted by atomic mass is 10.2. The zero-order chi connectivity index (χ0) is 22.7. The molecule has 0 radical (unpaired) electrons. The third-order valence-electron chi connectivity index (χ3n) is 4.79. The van der Waals surface area contributed by atoms with Crippen LogP contribution in [0.5, 0.6) is 5.75 Å². The molecule has 0 fully saturated rings. The van der Waals surface area contributed by atoms with E-state index >= 15 is 0 Å². The lowest BCUT2D eigenvalue weighted by Gasteiger charge is -2.13. The Morgan fingerprint density at radius 1 is 0.719 bits per heavy atom. The number of benzene rings is 4. The summed E-state index contributed by atoms with van der Waals surface area (Å²) in [6.07, 6.45) is 0. The van der Waals surface area contributed by atoms with E-state index < -0.39 is 0 Å². The fourth-order valence-corrected chi connectivity index (χ4v) is 7.75. The molecule has 0 aliphatic heterocycles. The van der Waals surface area contributed by atoms with Crippen molar-refractivity contribution in [2.24, 2.45) is 0 Å². The van der Waals surface area contributed by atoms with Gasteiger partial charge in [-0.05, 0) is 129 Å². The van der Waals surface area contributed by atoms with Gasteiger partial charge in [0.1, 0.15) is 5.75 Å². The van der Waals surface area contributed by atoms with E-state index in [9.17, 15) is 4.79 Å². The monoisotopic (exact) mass is 775 g/mol. The van der Waals surface area contributed by atoms with Gasteiger partial charge in [0.2, 0.25) is 0 Å². The molecule has 0 saturated heterocycles. The summed E-state index contributed by atoms with van der Waals surface area (Å²) in [5.74, 6) is 0.271. The van der Waals surface area contributed by atoms with Crippen molar-refractivity contribution in [2.75, 3.05) is 0 Å². The minimum absolute atomic E-state index is 0.236. The standard InChI is InChI=1S/C26H18I3O2S/c1-17-16-20(32(18-8-4-2-5-9-18)19-10-6-3-7-11-19)12-15-23(17)31-26(30)24-21(27)13-14-22(28)25(24)29/h2-16H,1H3/q+1. The molecule has 0 heterocycles. The fraction of sp³-hybridized carbons (Fsp3) is 0.0385. The number of ether oxygens (including phenoxy) is 1. The molecule has 2 nitrogen and oxygen atoms in total. The summed E-state index contributed by atoms with van der Waals surface area (Å²) in [6, 6.07) is 31.1. The zero-order valence-corrected chi connectivity index (χ0v) is 24.3. The molecule has 0 aromatic heterocycles. The zero-order valence-electron chi connectivity index (χ0n) is 17.0. The maximum absolute atomic E-state index is 13.0. The molecule has 160 valence electrons. The van der Waals surface area contributed by atoms with E-state index in [0.717, 1.165) is 16.3 Å². The topological polar surface area (TPSA) is 26.3 Å². The highest BCUT2D eigenvalue weighted by Crippen LogP contribution is 2.34. The quantitative estimate of drug-likeness (QED) is 0.0674. The van der Waals surface area contributed by atoms with E-state index in [4.69, 9.17) is 4.74 Å². The van der Waals surface area contributed by atoms with Gasteiger partial charge in [0.05, 0.1) is 16.5 Å². The third-order valence-corrected chi connectivity index (χ3v) is 11.0. The molecule has 0 amide bonds. The lowest BCUT2D eigenvalue weighted by molar-refractivity contribution is 0.0731. The number of esters is 1. The van der Waals surface area contributed by atoms with Crippen molar-refractivity contribution in [1.29, 1.82) is 0 Å². The molecule has 0 spiro atoms. The number of carbonyl (C=O) groups is 1. The molecule has 32 heavy (non-hydrogen) atoms. The Morgan fingerprint density at radius 2 is 1.28 bits per heavy atom.